The van der Waals surface area contributed by atoms with Gasteiger partial charge in [-0.15, -0.1) is 11.8 Å². The number of hydrogen-bond acceptors (Lipinski definition) is 3. The summed E-state index contributed by atoms with van der Waals surface area (Å²) in [5, 5.41) is 3.68. The molecule has 0 aliphatic carbocycles. The van der Waals surface area contributed by atoms with Gasteiger partial charge in [0.05, 0.1) is 11.9 Å². The molecule has 0 radical (unpaired) electrons. The second kappa shape index (κ2) is 9.60. The Morgan fingerprint density at radius 3 is 2.75 bits per heavy atom. The standard InChI is InChI=1S/C19H22ClNO2S/c1-14(2)23-17-8-5-6-15(10-17)11-21-19(22)13-24-12-16-7-3-4-9-18(16)20/h3-10,14H,11-13H2,1-2H3,(H,21,22). The van der Waals surface area contributed by atoms with Crippen LogP contribution in [0.5, 0.6) is 5.75 Å². The van der Waals surface area contributed by atoms with E-state index in [1.165, 1.54) is 0 Å². The Balaban J connectivity index is 1.74. The zero-order valence-electron chi connectivity index (χ0n) is 13.9. The van der Waals surface area contributed by atoms with E-state index in [-0.39, 0.29) is 12.0 Å². The first-order chi connectivity index (χ1) is 11.5. The van der Waals surface area contributed by atoms with Crippen LogP contribution in [0.4, 0.5) is 0 Å². The molecule has 0 aliphatic heterocycles. The lowest BCUT2D eigenvalue weighted by Gasteiger charge is -2.11. The van der Waals surface area contributed by atoms with Crippen LogP contribution in [0.3, 0.4) is 0 Å². The summed E-state index contributed by atoms with van der Waals surface area (Å²) in [6.45, 7) is 4.48. The topological polar surface area (TPSA) is 38.3 Å². The number of nitrogens with one attached hydrogen (secondary N) is 1. The van der Waals surface area contributed by atoms with Crippen LogP contribution in [-0.2, 0) is 17.1 Å². The average molecular weight is 364 g/mol. The highest BCUT2D eigenvalue weighted by molar-refractivity contribution is 7.99. The summed E-state index contributed by atoms with van der Waals surface area (Å²) in [6, 6.07) is 15.5. The Bertz CT molecular complexity index is 676. The third kappa shape index (κ3) is 6.46. The molecule has 2 rings (SSSR count). The van der Waals surface area contributed by atoms with Crippen LogP contribution in [-0.4, -0.2) is 17.8 Å². The Kier molecular flexibility index (Phi) is 7.47. The first kappa shape index (κ1) is 18.7. The highest BCUT2D eigenvalue weighted by atomic mass is 35.5. The van der Waals surface area contributed by atoms with E-state index in [1.807, 2.05) is 62.4 Å². The van der Waals surface area contributed by atoms with Crippen molar-refractivity contribution in [2.24, 2.45) is 0 Å². The largest absolute Gasteiger partial charge is 0.491 e. The number of carbonyl (C=O) groups excluding carboxylic acids is 1. The first-order valence-electron chi connectivity index (χ1n) is 7.88. The fourth-order valence-electron chi connectivity index (χ4n) is 2.12. The van der Waals surface area contributed by atoms with Gasteiger partial charge in [-0.05, 0) is 43.2 Å². The van der Waals surface area contributed by atoms with Crippen molar-refractivity contribution in [3.8, 4) is 5.75 Å². The molecule has 2 aromatic rings. The summed E-state index contributed by atoms with van der Waals surface area (Å²) in [5.74, 6) is 1.98. The summed E-state index contributed by atoms with van der Waals surface area (Å²) in [5.41, 5.74) is 2.08. The van der Waals surface area contributed by atoms with Gasteiger partial charge in [-0.3, -0.25) is 4.79 Å². The van der Waals surface area contributed by atoms with Gasteiger partial charge in [0.25, 0.3) is 0 Å². The zero-order chi connectivity index (χ0) is 17.4. The third-order valence-electron chi connectivity index (χ3n) is 3.21. The monoisotopic (exact) mass is 363 g/mol. The van der Waals surface area contributed by atoms with Crippen LogP contribution in [0.15, 0.2) is 48.5 Å². The fraction of sp³-hybridized carbons (Fsp3) is 0.316. The highest BCUT2D eigenvalue weighted by Gasteiger charge is 2.05. The molecule has 2 aromatic carbocycles. The molecule has 128 valence electrons. The van der Waals surface area contributed by atoms with Crippen molar-refractivity contribution in [1.82, 2.24) is 5.32 Å². The van der Waals surface area contributed by atoms with E-state index in [2.05, 4.69) is 5.32 Å². The number of rotatable bonds is 8. The molecule has 1 amide bonds. The molecule has 5 heteroatoms. The summed E-state index contributed by atoms with van der Waals surface area (Å²) in [6.07, 6.45) is 0.135. The molecule has 0 fully saturated rings. The number of carbonyl (C=O) groups is 1. The summed E-state index contributed by atoms with van der Waals surface area (Å²) in [4.78, 5) is 12.0. The van der Waals surface area contributed by atoms with Crippen molar-refractivity contribution in [1.29, 1.82) is 0 Å². The van der Waals surface area contributed by atoms with Crippen LogP contribution in [0.25, 0.3) is 0 Å². The molecular formula is C19H22ClNO2S. The Morgan fingerprint density at radius 1 is 1.21 bits per heavy atom. The van der Waals surface area contributed by atoms with Gasteiger partial charge in [0, 0.05) is 17.3 Å². The van der Waals surface area contributed by atoms with Crippen LogP contribution in [0.2, 0.25) is 5.02 Å². The van der Waals surface area contributed by atoms with Crippen LogP contribution < -0.4 is 10.1 Å². The molecule has 0 aliphatic rings. The second-order valence-corrected chi connectivity index (χ2v) is 7.07. The van der Waals surface area contributed by atoms with E-state index in [1.54, 1.807) is 11.8 Å². The zero-order valence-corrected chi connectivity index (χ0v) is 15.5. The molecule has 0 unspecified atom stereocenters. The number of halogens is 1. The van der Waals surface area contributed by atoms with Crippen molar-refractivity contribution < 1.29 is 9.53 Å². The fourth-order valence-corrected chi connectivity index (χ4v) is 3.26. The van der Waals surface area contributed by atoms with E-state index < -0.39 is 0 Å². The number of thioether (sulfide) groups is 1. The van der Waals surface area contributed by atoms with Gasteiger partial charge in [0.1, 0.15) is 5.75 Å². The van der Waals surface area contributed by atoms with Crippen molar-refractivity contribution in [2.75, 3.05) is 5.75 Å². The maximum Gasteiger partial charge on any atom is 0.230 e. The van der Waals surface area contributed by atoms with Crippen LogP contribution in [0.1, 0.15) is 25.0 Å². The van der Waals surface area contributed by atoms with Crippen molar-refractivity contribution >= 4 is 29.3 Å². The summed E-state index contributed by atoms with van der Waals surface area (Å²) < 4.78 is 5.66. The number of ether oxygens (including phenoxy) is 1. The molecule has 24 heavy (non-hydrogen) atoms. The molecule has 3 nitrogen and oxygen atoms in total. The van der Waals surface area contributed by atoms with Gasteiger partial charge in [0.2, 0.25) is 5.91 Å². The van der Waals surface area contributed by atoms with Crippen LogP contribution in [0, 0.1) is 0 Å². The van der Waals surface area contributed by atoms with Gasteiger partial charge >= 0.3 is 0 Å². The Morgan fingerprint density at radius 2 is 2.00 bits per heavy atom. The predicted octanol–water partition coefficient (Wildman–Crippen LogP) is 4.68. The minimum absolute atomic E-state index is 0.0160. The van der Waals surface area contributed by atoms with Gasteiger partial charge in [-0.1, -0.05) is 41.9 Å². The summed E-state index contributed by atoms with van der Waals surface area (Å²) >= 11 is 7.66. The molecule has 0 saturated heterocycles. The number of amides is 1. The quantitative estimate of drug-likeness (QED) is 0.740. The molecule has 0 spiro atoms. The SMILES string of the molecule is CC(C)Oc1cccc(CNC(=O)CSCc2ccccc2Cl)c1. The van der Waals surface area contributed by atoms with E-state index in [0.29, 0.717) is 12.3 Å². The van der Waals surface area contributed by atoms with Gasteiger partial charge in [0.15, 0.2) is 0 Å². The normalized spacial score (nSPS) is 10.7. The minimum atomic E-state index is 0.0160. The van der Waals surface area contributed by atoms with Crippen molar-refractivity contribution in [3.63, 3.8) is 0 Å². The lowest BCUT2D eigenvalue weighted by Crippen LogP contribution is -2.24. The molecule has 0 heterocycles. The van der Waals surface area contributed by atoms with Gasteiger partial charge in [-0.25, -0.2) is 0 Å². The number of hydrogen-bond donors (Lipinski definition) is 1. The Labute approximate surface area is 152 Å². The van der Waals surface area contributed by atoms with Crippen LogP contribution >= 0.6 is 23.4 Å². The van der Waals surface area contributed by atoms with Crippen molar-refractivity contribution in [2.45, 2.75) is 32.2 Å². The molecule has 0 atom stereocenters. The van der Waals surface area contributed by atoms with Gasteiger partial charge in [-0.2, -0.15) is 0 Å². The minimum Gasteiger partial charge on any atom is -0.491 e. The Hall–Kier alpha value is -1.65. The van der Waals surface area contributed by atoms with E-state index in [0.717, 1.165) is 27.7 Å². The predicted molar refractivity (Wildman–Crippen MR) is 102 cm³/mol. The van der Waals surface area contributed by atoms with E-state index >= 15 is 0 Å². The molecule has 0 saturated carbocycles. The third-order valence-corrected chi connectivity index (χ3v) is 4.56. The lowest BCUT2D eigenvalue weighted by atomic mass is 10.2. The average Bonchev–Trinajstić information content (AvgIpc) is 2.54. The molecule has 0 aromatic heterocycles. The van der Waals surface area contributed by atoms with E-state index in [4.69, 9.17) is 16.3 Å². The maximum absolute atomic E-state index is 12.0. The lowest BCUT2D eigenvalue weighted by molar-refractivity contribution is -0.118. The molecular weight excluding hydrogens is 342 g/mol. The molecule has 1 N–H and O–H groups in total. The second-order valence-electron chi connectivity index (χ2n) is 5.67. The summed E-state index contributed by atoms with van der Waals surface area (Å²) in [7, 11) is 0. The maximum atomic E-state index is 12.0. The number of benzene rings is 2. The van der Waals surface area contributed by atoms with Crippen molar-refractivity contribution in [3.05, 3.63) is 64.7 Å². The highest BCUT2D eigenvalue weighted by Crippen LogP contribution is 2.20. The van der Waals surface area contributed by atoms with Gasteiger partial charge < -0.3 is 10.1 Å². The first-order valence-corrected chi connectivity index (χ1v) is 9.41. The smallest absolute Gasteiger partial charge is 0.230 e. The van der Waals surface area contributed by atoms with E-state index in [9.17, 15) is 4.79 Å². The molecule has 0 bridgehead atoms.